The smallest absolute Gasteiger partial charge is 0.0802 e. The minimum atomic E-state index is 0.657. The molecule has 1 nitrogen and oxygen atoms in total. The molecule has 0 bridgehead atoms. The summed E-state index contributed by atoms with van der Waals surface area (Å²) in [5, 5.41) is 0. The van der Waals surface area contributed by atoms with Crippen LogP contribution >= 0.6 is 12.0 Å². The second-order valence-corrected chi connectivity index (χ2v) is 9.10. The van der Waals surface area contributed by atoms with Crippen molar-refractivity contribution < 1.29 is 4.18 Å². The second-order valence-electron chi connectivity index (χ2n) is 8.23. The van der Waals surface area contributed by atoms with Crippen molar-refractivity contribution in [3.63, 3.8) is 0 Å². The molecular weight excluding hydrogens is 372 g/mol. The second kappa shape index (κ2) is 15.3. The molecule has 0 spiro atoms. The maximum absolute atomic E-state index is 5.69. The quantitative estimate of drug-likeness (QED) is 0.181. The van der Waals surface area contributed by atoms with Crippen LogP contribution in [0.4, 0.5) is 0 Å². The van der Waals surface area contributed by atoms with Gasteiger partial charge in [-0.15, -0.1) is 0 Å². The summed E-state index contributed by atoms with van der Waals surface area (Å²) >= 11 is 1.45. The fraction of sp³-hybridized carbons (Fsp3) is 0.481. The van der Waals surface area contributed by atoms with Crippen LogP contribution in [0.5, 0.6) is 0 Å². The normalized spacial score (nSPS) is 13.0. The Hall–Kier alpha value is -1.51. The molecule has 1 aromatic carbocycles. The SMILES string of the molecule is CC(C)=CCC/C(C)=C/CC/C(C)=C/CC/C(C)=C/COSc1ccc(C)cc1. The molecule has 0 atom stereocenters. The zero-order chi connectivity index (χ0) is 21.5. The van der Waals surface area contributed by atoms with Crippen LogP contribution in [0.3, 0.4) is 0 Å². The highest BCUT2D eigenvalue weighted by Crippen LogP contribution is 2.19. The van der Waals surface area contributed by atoms with Gasteiger partial charge >= 0.3 is 0 Å². The van der Waals surface area contributed by atoms with Crippen molar-refractivity contribution in [1.29, 1.82) is 0 Å². The van der Waals surface area contributed by atoms with E-state index in [0.717, 1.165) is 24.2 Å². The van der Waals surface area contributed by atoms with Crippen LogP contribution in [-0.2, 0) is 4.18 Å². The van der Waals surface area contributed by atoms with Crippen molar-refractivity contribution in [3.8, 4) is 0 Å². The van der Waals surface area contributed by atoms with Crippen LogP contribution in [0.2, 0.25) is 0 Å². The number of allylic oxidation sites excluding steroid dienone is 7. The number of hydrogen-bond acceptors (Lipinski definition) is 2. The molecule has 0 unspecified atom stereocenters. The third-order valence-corrected chi connectivity index (χ3v) is 5.55. The van der Waals surface area contributed by atoms with E-state index in [-0.39, 0.29) is 0 Å². The molecule has 0 aliphatic carbocycles. The van der Waals surface area contributed by atoms with Crippen molar-refractivity contribution in [3.05, 3.63) is 76.4 Å². The average molecular weight is 413 g/mol. The molecule has 0 aromatic heterocycles. The van der Waals surface area contributed by atoms with Gasteiger partial charge in [0.1, 0.15) is 0 Å². The molecule has 2 heteroatoms. The fourth-order valence-electron chi connectivity index (χ4n) is 2.86. The first kappa shape index (κ1) is 25.5. The maximum Gasteiger partial charge on any atom is 0.0802 e. The Morgan fingerprint density at radius 3 is 1.72 bits per heavy atom. The van der Waals surface area contributed by atoms with Crippen molar-refractivity contribution in [2.45, 2.75) is 85.0 Å². The van der Waals surface area contributed by atoms with E-state index < -0.39 is 0 Å². The van der Waals surface area contributed by atoms with Gasteiger partial charge in [-0.25, -0.2) is 0 Å². The molecule has 160 valence electrons. The van der Waals surface area contributed by atoms with Gasteiger partial charge < -0.3 is 4.18 Å². The molecule has 0 fully saturated rings. The van der Waals surface area contributed by atoms with Gasteiger partial charge in [-0.05, 0) is 92.2 Å². The van der Waals surface area contributed by atoms with Gasteiger partial charge in [0, 0.05) is 16.9 Å². The van der Waals surface area contributed by atoms with Gasteiger partial charge in [-0.3, -0.25) is 0 Å². The molecule has 0 aliphatic rings. The largest absolute Gasteiger partial charge is 0.306 e. The maximum atomic E-state index is 5.69. The Morgan fingerprint density at radius 2 is 1.21 bits per heavy atom. The summed E-state index contributed by atoms with van der Waals surface area (Å²) in [4.78, 5) is 1.15. The van der Waals surface area contributed by atoms with Crippen LogP contribution in [0.15, 0.2) is 75.8 Å². The molecule has 0 N–H and O–H groups in total. The summed E-state index contributed by atoms with van der Waals surface area (Å²) in [6.45, 7) is 13.8. The van der Waals surface area contributed by atoms with Crippen LogP contribution in [-0.4, -0.2) is 6.61 Å². The number of benzene rings is 1. The summed E-state index contributed by atoms with van der Waals surface area (Å²) in [6, 6.07) is 8.43. The molecule has 0 saturated heterocycles. The summed E-state index contributed by atoms with van der Waals surface area (Å²) in [5.74, 6) is 0. The predicted octanol–water partition coefficient (Wildman–Crippen LogP) is 9.16. The molecule has 0 heterocycles. The van der Waals surface area contributed by atoms with Crippen LogP contribution in [0, 0.1) is 6.92 Å². The topological polar surface area (TPSA) is 9.23 Å². The zero-order valence-corrected chi connectivity index (χ0v) is 20.2. The molecule has 1 aromatic rings. The van der Waals surface area contributed by atoms with Crippen LogP contribution in [0.25, 0.3) is 0 Å². The van der Waals surface area contributed by atoms with E-state index in [0.29, 0.717) is 6.61 Å². The summed E-state index contributed by atoms with van der Waals surface area (Å²) in [5.41, 5.74) is 7.10. The minimum Gasteiger partial charge on any atom is -0.306 e. The van der Waals surface area contributed by atoms with Crippen LogP contribution in [0.1, 0.15) is 78.7 Å². The Kier molecular flexibility index (Phi) is 13.5. The molecular formula is C27H40OS. The van der Waals surface area contributed by atoms with Crippen molar-refractivity contribution in [2.24, 2.45) is 0 Å². The third-order valence-electron chi connectivity index (χ3n) is 4.83. The van der Waals surface area contributed by atoms with Gasteiger partial charge in [0.15, 0.2) is 0 Å². The highest BCUT2D eigenvalue weighted by atomic mass is 32.2. The van der Waals surface area contributed by atoms with Crippen molar-refractivity contribution >= 4 is 12.0 Å². The van der Waals surface area contributed by atoms with E-state index in [4.69, 9.17) is 4.18 Å². The van der Waals surface area contributed by atoms with Gasteiger partial charge in [-0.2, -0.15) is 0 Å². The molecule has 0 aliphatic heterocycles. The lowest BCUT2D eigenvalue weighted by Gasteiger charge is -2.03. The van der Waals surface area contributed by atoms with E-state index >= 15 is 0 Å². The van der Waals surface area contributed by atoms with E-state index in [9.17, 15) is 0 Å². The van der Waals surface area contributed by atoms with Crippen LogP contribution < -0.4 is 0 Å². The number of rotatable bonds is 13. The summed E-state index contributed by atoms with van der Waals surface area (Å²) < 4.78 is 5.69. The molecule has 0 radical (unpaired) electrons. The van der Waals surface area contributed by atoms with Crippen molar-refractivity contribution in [2.75, 3.05) is 6.61 Å². The first-order valence-corrected chi connectivity index (χ1v) is 11.6. The van der Waals surface area contributed by atoms with E-state index in [2.05, 4.69) is 90.1 Å². The first-order valence-electron chi connectivity index (χ1n) is 10.8. The Labute approximate surface area is 184 Å². The Balaban J connectivity index is 2.19. The van der Waals surface area contributed by atoms with E-state index in [1.807, 2.05) is 0 Å². The van der Waals surface area contributed by atoms with Gasteiger partial charge in [-0.1, -0.05) is 64.3 Å². The highest BCUT2D eigenvalue weighted by molar-refractivity contribution is 7.94. The first-order chi connectivity index (χ1) is 13.9. The molecule has 1 rings (SSSR count). The number of aryl methyl sites for hydroxylation is 1. The molecule has 29 heavy (non-hydrogen) atoms. The molecule has 0 amide bonds. The lowest BCUT2D eigenvalue weighted by Crippen LogP contribution is -1.86. The minimum absolute atomic E-state index is 0.657. The third kappa shape index (κ3) is 14.2. The van der Waals surface area contributed by atoms with E-state index in [1.54, 1.807) is 0 Å². The predicted molar refractivity (Wildman–Crippen MR) is 131 cm³/mol. The molecule has 0 saturated carbocycles. The zero-order valence-electron chi connectivity index (χ0n) is 19.4. The van der Waals surface area contributed by atoms with Gasteiger partial charge in [0.05, 0.1) is 6.61 Å². The van der Waals surface area contributed by atoms with Gasteiger partial charge in [0.2, 0.25) is 0 Å². The Morgan fingerprint density at radius 1 is 0.724 bits per heavy atom. The van der Waals surface area contributed by atoms with Gasteiger partial charge in [0.25, 0.3) is 0 Å². The lowest BCUT2D eigenvalue weighted by molar-refractivity contribution is 0.427. The summed E-state index contributed by atoms with van der Waals surface area (Å²) in [7, 11) is 0. The lowest BCUT2D eigenvalue weighted by atomic mass is 10.0. The standard InChI is InChI=1S/C27H40OS/c1-22(2)10-7-11-23(3)12-8-13-24(4)14-9-15-25(5)20-21-28-29-27-18-16-26(6)17-19-27/h10,12,14,16-20H,7-9,11,13,15,21H2,1-6H3/b23-12+,24-14+,25-20+. The fourth-order valence-corrected chi connectivity index (χ4v) is 3.38. The highest BCUT2D eigenvalue weighted by Gasteiger charge is 1.96. The van der Waals surface area contributed by atoms with E-state index in [1.165, 1.54) is 59.2 Å². The monoisotopic (exact) mass is 412 g/mol. The number of hydrogen-bond donors (Lipinski definition) is 0. The summed E-state index contributed by atoms with van der Waals surface area (Å²) in [6.07, 6.45) is 16.2. The Bertz CT molecular complexity index is 701. The van der Waals surface area contributed by atoms with Crippen molar-refractivity contribution in [1.82, 2.24) is 0 Å². The average Bonchev–Trinajstić information content (AvgIpc) is 2.66.